The van der Waals surface area contributed by atoms with Gasteiger partial charge in [-0.3, -0.25) is 9.89 Å². The van der Waals surface area contributed by atoms with Crippen LogP contribution in [0.5, 0.6) is 11.5 Å². The van der Waals surface area contributed by atoms with Crippen molar-refractivity contribution in [1.82, 2.24) is 15.5 Å². The van der Waals surface area contributed by atoms with Crippen LogP contribution in [0.15, 0.2) is 23.2 Å². The Morgan fingerprint density at radius 3 is 2.65 bits per heavy atom. The van der Waals surface area contributed by atoms with Gasteiger partial charge < -0.3 is 20.1 Å². The lowest BCUT2D eigenvalue weighted by Gasteiger charge is -2.19. The molecule has 1 unspecified atom stereocenters. The number of ether oxygens (including phenoxy) is 2. The van der Waals surface area contributed by atoms with Gasteiger partial charge in [-0.05, 0) is 31.9 Å². The molecule has 0 aromatic heterocycles. The Morgan fingerprint density at radius 1 is 1.29 bits per heavy atom. The number of nitrogens with one attached hydrogen (secondary N) is 2. The first kappa shape index (κ1) is 27.5. The summed E-state index contributed by atoms with van der Waals surface area (Å²) < 4.78 is 73.1. The van der Waals surface area contributed by atoms with Crippen molar-refractivity contribution in [3.8, 4) is 11.5 Å². The molecule has 0 aliphatic carbocycles. The van der Waals surface area contributed by atoms with E-state index in [0.29, 0.717) is 44.2 Å². The fourth-order valence-corrected chi connectivity index (χ4v) is 3.31. The molecule has 31 heavy (non-hydrogen) atoms. The standard InChI is InChI=1S/C19H27F5N4O2.HI/c1-3-29-15-6-4-5-14(16(15)30-17(20)21)10-27-18(25-2)26-9-13-7-8-28(11-13)12-19(22,23)24;/h4-6,13,17H,3,7-12H2,1-2H3,(H2,25,26,27);1H. The number of guanidine groups is 1. The van der Waals surface area contributed by atoms with E-state index in [1.54, 1.807) is 32.2 Å². The summed E-state index contributed by atoms with van der Waals surface area (Å²) >= 11 is 0. The molecule has 1 heterocycles. The Kier molecular flexibility index (Phi) is 11.6. The molecule has 0 saturated carbocycles. The first-order valence-electron chi connectivity index (χ1n) is 9.65. The highest BCUT2D eigenvalue weighted by Gasteiger charge is 2.34. The molecule has 2 N–H and O–H groups in total. The van der Waals surface area contributed by atoms with Crippen molar-refractivity contribution in [3.05, 3.63) is 23.8 Å². The van der Waals surface area contributed by atoms with Gasteiger partial charge in [-0.15, -0.1) is 24.0 Å². The second-order valence-corrected chi connectivity index (χ2v) is 6.87. The fourth-order valence-electron chi connectivity index (χ4n) is 3.31. The van der Waals surface area contributed by atoms with E-state index < -0.39 is 19.3 Å². The van der Waals surface area contributed by atoms with E-state index in [9.17, 15) is 22.0 Å². The van der Waals surface area contributed by atoms with Gasteiger partial charge in [0, 0.05) is 32.2 Å². The van der Waals surface area contributed by atoms with Crippen molar-refractivity contribution in [3.63, 3.8) is 0 Å². The summed E-state index contributed by atoms with van der Waals surface area (Å²) in [6, 6.07) is 4.85. The zero-order valence-electron chi connectivity index (χ0n) is 17.3. The number of hydrogen-bond acceptors (Lipinski definition) is 4. The molecule has 1 aliphatic heterocycles. The summed E-state index contributed by atoms with van der Waals surface area (Å²) in [6.45, 7) is -0.512. The summed E-state index contributed by atoms with van der Waals surface area (Å²) in [5.41, 5.74) is 0.460. The van der Waals surface area contributed by atoms with Gasteiger partial charge in [0.1, 0.15) is 0 Å². The minimum Gasteiger partial charge on any atom is -0.490 e. The molecule has 178 valence electrons. The van der Waals surface area contributed by atoms with Crippen LogP contribution in [0.2, 0.25) is 0 Å². The van der Waals surface area contributed by atoms with Gasteiger partial charge in [0.05, 0.1) is 13.2 Å². The first-order valence-corrected chi connectivity index (χ1v) is 9.65. The van der Waals surface area contributed by atoms with E-state index in [-0.39, 0.29) is 47.9 Å². The number of halogens is 6. The van der Waals surface area contributed by atoms with Gasteiger partial charge in [0.2, 0.25) is 0 Å². The predicted molar refractivity (Wildman–Crippen MR) is 118 cm³/mol. The second kappa shape index (κ2) is 13.1. The second-order valence-electron chi connectivity index (χ2n) is 6.87. The molecule has 1 atom stereocenters. The average Bonchev–Trinajstić information content (AvgIpc) is 3.09. The van der Waals surface area contributed by atoms with Crippen LogP contribution in [0.4, 0.5) is 22.0 Å². The predicted octanol–water partition coefficient (Wildman–Crippen LogP) is 3.85. The molecule has 0 spiro atoms. The third-order valence-corrected chi connectivity index (χ3v) is 4.57. The molecule has 1 aliphatic rings. The van der Waals surface area contributed by atoms with E-state index in [0.717, 1.165) is 0 Å². The zero-order valence-corrected chi connectivity index (χ0v) is 19.7. The summed E-state index contributed by atoms with van der Waals surface area (Å²) in [6.07, 6.45) is -3.54. The van der Waals surface area contributed by atoms with Crippen LogP contribution in [-0.4, -0.2) is 63.5 Å². The van der Waals surface area contributed by atoms with Crippen molar-refractivity contribution in [1.29, 1.82) is 0 Å². The molecule has 1 aromatic rings. The van der Waals surface area contributed by atoms with Crippen molar-refractivity contribution in [2.24, 2.45) is 10.9 Å². The van der Waals surface area contributed by atoms with E-state index in [4.69, 9.17) is 4.74 Å². The van der Waals surface area contributed by atoms with E-state index >= 15 is 0 Å². The van der Waals surface area contributed by atoms with Crippen LogP contribution < -0.4 is 20.1 Å². The lowest BCUT2D eigenvalue weighted by Crippen LogP contribution is -2.40. The van der Waals surface area contributed by atoms with Crippen LogP contribution in [0.1, 0.15) is 18.9 Å². The molecule has 0 radical (unpaired) electrons. The van der Waals surface area contributed by atoms with E-state index in [2.05, 4.69) is 20.4 Å². The Labute approximate surface area is 195 Å². The maximum atomic E-state index is 12.8. The van der Waals surface area contributed by atoms with Crippen molar-refractivity contribution in [2.75, 3.05) is 39.8 Å². The Bertz CT molecular complexity index is 706. The number of rotatable bonds is 9. The number of benzene rings is 1. The van der Waals surface area contributed by atoms with Gasteiger partial charge in [0.15, 0.2) is 17.5 Å². The molecule has 1 saturated heterocycles. The summed E-state index contributed by atoms with van der Waals surface area (Å²) in [5, 5.41) is 6.08. The molecule has 1 aromatic carbocycles. The number of nitrogens with zero attached hydrogens (tertiary/aromatic N) is 2. The quantitative estimate of drug-likeness (QED) is 0.206. The van der Waals surface area contributed by atoms with Crippen LogP contribution in [0, 0.1) is 5.92 Å². The summed E-state index contributed by atoms with van der Waals surface area (Å²) in [4.78, 5) is 5.46. The maximum absolute atomic E-state index is 12.8. The molecular formula is C19H28F5IN4O2. The lowest BCUT2D eigenvalue weighted by atomic mass is 10.1. The summed E-state index contributed by atoms with van der Waals surface area (Å²) in [7, 11) is 1.55. The van der Waals surface area contributed by atoms with Gasteiger partial charge in [-0.25, -0.2) is 0 Å². The molecule has 12 heteroatoms. The smallest absolute Gasteiger partial charge is 0.401 e. The SMILES string of the molecule is CCOc1cccc(CNC(=NC)NCC2CCN(CC(F)(F)F)C2)c1OC(F)F.I. The molecule has 1 fully saturated rings. The topological polar surface area (TPSA) is 58.1 Å². The molecule has 0 bridgehead atoms. The number of para-hydroxylation sites is 1. The van der Waals surface area contributed by atoms with Crippen LogP contribution in [-0.2, 0) is 6.54 Å². The van der Waals surface area contributed by atoms with Crippen molar-refractivity contribution in [2.45, 2.75) is 32.7 Å². The average molecular weight is 566 g/mol. The van der Waals surface area contributed by atoms with Gasteiger partial charge >= 0.3 is 12.8 Å². The molecular weight excluding hydrogens is 538 g/mol. The monoisotopic (exact) mass is 566 g/mol. The lowest BCUT2D eigenvalue weighted by molar-refractivity contribution is -0.143. The number of likely N-dealkylation sites (tertiary alicyclic amines) is 1. The highest BCUT2D eigenvalue weighted by molar-refractivity contribution is 14.0. The number of alkyl halides is 5. The molecule has 2 rings (SSSR count). The number of hydrogen-bond donors (Lipinski definition) is 2. The normalized spacial score (nSPS) is 17.4. The highest BCUT2D eigenvalue weighted by Crippen LogP contribution is 2.32. The first-order chi connectivity index (χ1) is 14.2. The van der Waals surface area contributed by atoms with Gasteiger partial charge in [0.25, 0.3) is 0 Å². The maximum Gasteiger partial charge on any atom is 0.401 e. The van der Waals surface area contributed by atoms with Gasteiger partial charge in [-0.1, -0.05) is 12.1 Å². The van der Waals surface area contributed by atoms with Crippen molar-refractivity contribution < 1.29 is 31.4 Å². The zero-order chi connectivity index (χ0) is 22.1. The third kappa shape index (κ3) is 9.62. The Morgan fingerprint density at radius 2 is 2.03 bits per heavy atom. The van der Waals surface area contributed by atoms with Crippen LogP contribution in [0.3, 0.4) is 0 Å². The minimum absolute atomic E-state index is 0. The van der Waals surface area contributed by atoms with Crippen molar-refractivity contribution >= 4 is 29.9 Å². The largest absolute Gasteiger partial charge is 0.490 e. The van der Waals surface area contributed by atoms with E-state index in [1.165, 1.54) is 4.90 Å². The minimum atomic E-state index is -4.20. The summed E-state index contributed by atoms with van der Waals surface area (Å²) in [5.74, 6) is 0.644. The fraction of sp³-hybridized carbons (Fsp3) is 0.632. The van der Waals surface area contributed by atoms with E-state index in [1.807, 2.05) is 0 Å². The van der Waals surface area contributed by atoms with Crippen LogP contribution >= 0.6 is 24.0 Å². The molecule has 6 nitrogen and oxygen atoms in total. The van der Waals surface area contributed by atoms with Crippen LogP contribution in [0.25, 0.3) is 0 Å². The molecule has 0 amide bonds. The van der Waals surface area contributed by atoms with Gasteiger partial charge in [-0.2, -0.15) is 22.0 Å². The number of aliphatic imine (C=N–C) groups is 1. The Hall–Kier alpha value is -1.57. The highest BCUT2D eigenvalue weighted by atomic mass is 127. The Balaban J connectivity index is 0.00000480. The third-order valence-electron chi connectivity index (χ3n) is 4.57.